The minimum atomic E-state index is 0.283. The summed E-state index contributed by atoms with van der Waals surface area (Å²) in [4.78, 5) is 8.55. The van der Waals surface area contributed by atoms with E-state index in [1.54, 1.807) is 17.5 Å². The molecule has 2 aromatic rings. The Hall–Kier alpha value is -1.26. The number of aryl methyl sites for hydroxylation is 1. The summed E-state index contributed by atoms with van der Waals surface area (Å²) < 4.78 is 0. The van der Waals surface area contributed by atoms with Crippen molar-refractivity contribution in [3.05, 3.63) is 46.2 Å². The Morgan fingerprint density at radius 1 is 1.50 bits per heavy atom. The zero-order valence-corrected chi connectivity index (χ0v) is 10.3. The molecule has 0 spiro atoms. The van der Waals surface area contributed by atoms with Gasteiger partial charge in [0.25, 0.3) is 0 Å². The maximum Gasteiger partial charge on any atom is 0.0898 e. The molecule has 0 aliphatic heterocycles. The van der Waals surface area contributed by atoms with Gasteiger partial charge in [-0.05, 0) is 25.5 Å². The molecule has 1 unspecified atom stereocenters. The van der Waals surface area contributed by atoms with Gasteiger partial charge in [-0.25, -0.2) is 4.98 Å². The Morgan fingerprint density at radius 3 is 3.00 bits per heavy atom. The number of aromatic nitrogens is 2. The number of pyridine rings is 1. The predicted molar refractivity (Wildman–Crippen MR) is 66.3 cm³/mol. The monoisotopic (exact) mass is 233 g/mol. The zero-order valence-electron chi connectivity index (χ0n) is 9.47. The van der Waals surface area contributed by atoms with Crippen LogP contribution in [0, 0.1) is 6.92 Å². The van der Waals surface area contributed by atoms with Crippen LogP contribution in [0.25, 0.3) is 0 Å². The standard InChI is InChI=1S/C12H15N3S/c1-9(12-8-16-10(2)15-12)14-7-11-4-3-5-13-6-11/h3-6,8-9,14H,7H2,1-2H3. The van der Waals surface area contributed by atoms with Gasteiger partial charge in [0.2, 0.25) is 0 Å². The lowest BCUT2D eigenvalue weighted by atomic mass is 10.2. The maximum atomic E-state index is 4.46. The Morgan fingerprint density at radius 2 is 2.38 bits per heavy atom. The minimum absolute atomic E-state index is 0.283. The molecule has 1 N–H and O–H groups in total. The molecule has 4 heteroatoms. The number of hydrogen-bond acceptors (Lipinski definition) is 4. The first-order valence-electron chi connectivity index (χ1n) is 5.30. The van der Waals surface area contributed by atoms with Crippen molar-refractivity contribution in [3.63, 3.8) is 0 Å². The van der Waals surface area contributed by atoms with Gasteiger partial charge in [0.15, 0.2) is 0 Å². The number of nitrogens with one attached hydrogen (secondary N) is 1. The number of nitrogens with zero attached hydrogens (tertiary/aromatic N) is 2. The van der Waals surface area contributed by atoms with Gasteiger partial charge in [0, 0.05) is 30.4 Å². The molecule has 16 heavy (non-hydrogen) atoms. The molecule has 0 aliphatic carbocycles. The van der Waals surface area contributed by atoms with E-state index in [1.165, 1.54) is 5.56 Å². The average molecular weight is 233 g/mol. The van der Waals surface area contributed by atoms with Gasteiger partial charge in [-0.15, -0.1) is 11.3 Å². The smallest absolute Gasteiger partial charge is 0.0898 e. The Balaban J connectivity index is 1.91. The molecule has 84 valence electrons. The molecule has 1 atom stereocenters. The van der Waals surface area contributed by atoms with Crippen LogP contribution in [0.4, 0.5) is 0 Å². The molecule has 2 aromatic heterocycles. The van der Waals surface area contributed by atoms with E-state index in [9.17, 15) is 0 Å². The van der Waals surface area contributed by atoms with E-state index in [1.807, 2.05) is 19.2 Å². The van der Waals surface area contributed by atoms with Crippen LogP contribution in [-0.4, -0.2) is 9.97 Å². The summed E-state index contributed by atoms with van der Waals surface area (Å²) in [6.07, 6.45) is 3.67. The van der Waals surface area contributed by atoms with E-state index >= 15 is 0 Å². The average Bonchev–Trinajstić information content (AvgIpc) is 2.74. The van der Waals surface area contributed by atoms with E-state index in [4.69, 9.17) is 0 Å². The van der Waals surface area contributed by atoms with E-state index < -0.39 is 0 Å². The lowest BCUT2D eigenvalue weighted by molar-refractivity contribution is 0.562. The number of thiazole rings is 1. The largest absolute Gasteiger partial charge is 0.305 e. The quantitative estimate of drug-likeness (QED) is 0.882. The minimum Gasteiger partial charge on any atom is -0.305 e. The molecular weight excluding hydrogens is 218 g/mol. The van der Waals surface area contributed by atoms with Crippen molar-refractivity contribution in [2.45, 2.75) is 26.4 Å². The highest BCUT2D eigenvalue weighted by molar-refractivity contribution is 7.09. The first kappa shape index (κ1) is 11.2. The molecule has 2 rings (SSSR count). The molecule has 3 nitrogen and oxygen atoms in total. The van der Waals surface area contributed by atoms with Gasteiger partial charge in [-0.1, -0.05) is 6.07 Å². The van der Waals surface area contributed by atoms with Crippen LogP contribution >= 0.6 is 11.3 Å². The summed E-state index contributed by atoms with van der Waals surface area (Å²) in [6.45, 7) is 4.98. The Bertz CT molecular complexity index is 439. The van der Waals surface area contributed by atoms with Crippen LogP contribution in [0.15, 0.2) is 29.9 Å². The van der Waals surface area contributed by atoms with Gasteiger partial charge in [-0.2, -0.15) is 0 Å². The molecule has 0 radical (unpaired) electrons. The fourth-order valence-electron chi connectivity index (χ4n) is 1.46. The van der Waals surface area contributed by atoms with Gasteiger partial charge < -0.3 is 5.32 Å². The van der Waals surface area contributed by atoms with Gasteiger partial charge in [0.1, 0.15) is 0 Å². The summed E-state index contributed by atoms with van der Waals surface area (Å²) in [5, 5.41) is 6.66. The van der Waals surface area contributed by atoms with Crippen LogP contribution < -0.4 is 5.32 Å². The highest BCUT2D eigenvalue weighted by Crippen LogP contribution is 2.15. The second kappa shape index (κ2) is 5.18. The van der Waals surface area contributed by atoms with Crippen molar-refractivity contribution >= 4 is 11.3 Å². The van der Waals surface area contributed by atoms with Crippen LogP contribution in [0.5, 0.6) is 0 Å². The summed E-state index contributed by atoms with van der Waals surface area (Å²) in [7, 11) is 0. The second-order valence-corrected chi connectivity index (χ2v) is 4.82. The topological polar surface area (TPSA) is 37.8 Å². The van der Waals surface area contributed by atoms with Crippen molar-refractivity contribution in [2.75, 3.05) is 0 Å². The Kier molecular flexibility index (Phi) is 3.64. The van der Waals surface area contributed by atoms with Crippen LogP contribution in [0.3, 0.4) is 0 Å². The van der Waals surface area contributed by atoms with Crippen LogP contribution in [0.2, 0.25) is 0 Å². The van der Waals surface area contributed by atoms with Gasteiger partial charge in [0.05, 0.1) is 10.7 Å². The van der Waals surface area contributed by atoms with Crippen molar-refractivity contribution < 1.29 is 0 Å². The third-order valence-electron chi connectivity index (χ3n) is 2.42. The second-order valence-electron chi connectivity index (χ2n) is 3.76. The molecular formula is C12H15N3S. The van der Waals surface area contributed by atoms with Crippen molar-refractivity contribution in [3.8, 4) is 0 Å². The lowest BCUT2D eigenvalue weighted by Crippen LogP contribution is -2.18. The summed E-state index contributed by atoms with van der Waals surface area (Å²) in [5.41, 5.74) is 2.31. The van der Waals surface area contributed by atoms with E-state index in [2.05, 4.69) is 33.7 Å². The van der Waals surface area contributed by atoms with Crippen molar-refractivity contribution in [2.24, 2.45) is 0 Å². The van der Waals surface area contributed by atoms with E-state index in [0.29, 0.717) is 0 Å². The third-order valence-corrected chi connectivity index (χ3v) is 3.21. The molecule has 0 aromatic carbocycles. The molecule has 0 aliphatic rings. The van der Waals surface area contributed by atoms with Gasteiger partial charge >= 0.3 is 0 Å². The summed E-state index contributed by atoms with van der Waals surface area (Å²) >= 11 is 1.69. The maximum absolute atomic E-state index is 4.46. The fraction of sp³-hybridized carbons (Fsp3) is 0.333. The summed E-state index contributed by atoms with van der Waals surface area (Å²) in [5.74, 6) is 0. The first-order valence-corrected chi connectivity index (χ1v) is 6.18. The molecule has 0 fully saturated rings. The highest BCUT2D eigenvalue weighted by atomic mass is 32.1. The third kappa shape index (κ3) is 2.87. The molecule has 2 heterocycles. The number of rotatable bonds is 4. The van der Waals surface area contributed by atoms with Crippen LogP contribution in [0.1, 0.15) is 29.2 Å². The SMILES string of the molecule is Cc1nc(C(C)NCc2cccnc2)cs1. The first-order chi connectivity index (χ1) is 7.75. The molecule has 0 saturated carbocycles. The predicted octanol–water partition coefficient (Wildman–Crippen LogP) is 2.70. The van der Waals surface area contributed by atoms with E-state index in [-0.39, 0.29) is 6.04 Å². The molecule has 0 saturated heterocycles. The lowest BCUT2D eigenvalue weighted by Gasteiger charge is -2.10. The highest BCUT2D eigenvalue weighted by Gasteiger charge is 2.07. The van der Waals surface area contributed by atoms with Crippen LogP contribution in [-0.2, 0) is 6.54 Å². The van der Waals surface area contributed by atoms with Crippen molar-refractivity contribution in [1.82, 2.24) is 15.3 Å². The fourth-order valence-corrected chi connectivity index (χ4v) is 2.16. The zero-order chi connectivity index (χ0) is 11.4. The van der Waals surface area contributed by atoms with E-state index in [0.717, 1.165) is 17.2 Å². The summed E-state index contributed by atoms with van der Waals surface area (Å²) in [6, 6.07) is 4.30. The van der Waals surface area contributed by atoms with Gasteiger partial charge in [-0.3, -0.25) is 4.98 Å². The normalized spacial score (nSPS) is 12.6. The molecule has 0 amide bonds. The Labute approximate surface area is 99.6 Å². The number of hydrogen-bond donors (Lipinski definition) is 1. The van der Waals surface area contributed by atoms with Crippen molar-refractivity contribution in [1.29, 1.82) is 0 Å². The molecule has 0 bridgehead atoms.